The number of hydrogen-bond donors (Lipinski definition) is 0. The fourth-order valence-corrected chi connectivity index (χ4v) is 5.63. The number of hydrogen-bond acceptors (Lipinski definition) is 0. The molecule has 0 saturated carbocycles. The van der Waals surface area contributed by atoms with E-state index in [-0.39, 0.29) is 31.0 Å². The molecule has 0 N–H and O–H groups in total. The van der Waals surface area contributed by atoms with E-state index in [0.717, 1.165) is 12.8 Å². The molecule has 2 aliphatic rings. The first-order valence-corrected chi connectivity index (χ1v) is 23.8. The Labute approximate surface area is 228 Å². The van der Waals surface area contributed by atoms with E-state index in [1.807, 2.05) is 0 Å². The second-order valence-electron chi connectivity index (χ2n) is 10.8. The zero-order valence-corrected chi connectivity index (χ0v) is 28.6. The minimum atomic E-state index is -1.08. The molecule has 0 radical (unpaired) electrons. The van der Waals surface area contributed by atoms with Crippen molar-refractivity contribution >= 4 is 22.3 Å². The maximum Gasteiger partial charge on any atom is -1.00 e. The Morgan fingerprint density at radius 3 is 1.22 bits per heavy atom. The van der Waals surface area contributed by atoms with Crippen LogP contribution < -0.4 is 24.8 Å². The van der Waals surface area contributed by atoms with Crippen molar-refractivity contribution < 1.29 is 44.0 Å². The molecule has 0 amide bonds. The van der Waals surface area contributed by atoms with Gasteiger partial charge in [0.15, 0.2) is 0 Å². The molecule has 0 unspecified atom stereocenters. The SMILES string of the molecule is CCCCC1=CC([Si](C)(C)C)=[C-]C1.CCCCC1=CC([Si](C)(C)C)=[C-]C1.C[Si](C)=[Ti+2].[Cl-].[Cl-]. The van der Waals surface area contributed by atoms with Crippen LogP contribution in [0.15, 0.2) is 33.7 Å². The molecule has 0 heterocycles. The van der Waals surface area contributed by atoms with E-state index < -0.39 is 16.1 Å². The van der Waals surface area contributed by atoms with Crippen LogP contribution in [-0.4, -0.2) is 22.3 Å². The summed E-state index contributed by atoms with van der Waals surface area (Å²) < 4.78 is 0. The zero-order chi connectivity index (χ0) is 23.4. The molecular formula is C26H48Cl2Si3Ti-2. The summed E-state index contributed by atoms with van der Waals surface area (Å²) >= 11 is 2.27. The Morgan fingerprint density at radius 2 is 1.03 bits per heavy atom. The van der Waals surface area contributed by atoms with Crippen molar-refractivity contribution in [2.24, 2.45) is 0 Å². The molecule has 2 rings (SSSR count). The fourth-order valence-electron chi connectivity index (χ4n) is 3.12. The minimum absolute atomic E-state index is 0. The quantitative estimate of drug-likeness (QED) is 0.315. The Morgan fingerprint density at radius 1 is 0.750 bits per heavy atom. The van der Waals surface area contributed by atoms with Gasteiger partial charge in [-0.15, -0.1) is 12.8 Å². The first-order valence-electron chi connectivity index (χ1n) is 11.9. The predicted molar refractivity (Wildman–Crippen MR) is 142 cm³/mol. The number of rotatable bonds is 8. The topological polar surface area (TPSA) is 0 Å². The molecule has 0 aromatic rings. The zero-order valence-electron chi connectivity index (χ0n) is 22.6. The summed E-state index contributed by atoms with van der Waals surface area (Å²) in [5.41, 5.74) is 3.22. The molecule has 32 heavy (non-hydrogen) atoms. The van der Waals surface area contributed by atoms with E-state index in [4.69, 9.17) is 0 Å². The maximum atomic E-state index is 3.54. The third kappa shape index (κ3) is 18.3. The van der Waals surface area contributed by atoms with Gasteiger partial charge in [-0.05, 0) is 12.8 Å². The van der Waals surface area contributed by atoms with Gasteiger partial charge in [0.05, 0.1) is 0 Å². The first kappa shape index (κ1) is 37.5. The normalized spacial score (nSPS) is 14.9. The van der Waals surface area contributed by atoms with Gasteiger partial charge in [0, 0.05) is 16.1 Å². The first-order chi connectivity index (χ1) is 13.8. The smallest absolute Gasteiger partial charge is 1.00 e. The van der Waals surface area contributed by atoms with Crippen molar-refractivity contribution in [3.63, 3.8) is 0 Å². The summed E-state index contributed by atoms with van der Waals surface area (Å²) in [5.74, 6) is 0. The number of unbranched alkanes of at least 4 members (excludes halogenated alkanes) is 2. The average Bonchev–Trinajstić information content (AvgIpc) is 3.27. The Hall–Kier alpha value is 0.905. The summed E-state index contributed by atoms with van der Waals surface area (Å²) in [6.07, 6.45) is 22.1. The molecule has 0 nitrogen and oxygen atoms in total. The summed E-state index contributed by atoms with van der Waals surface area (Å²) in [6, 6.07) is 0. The van der Waals surface area contributed by atoms with Crippen LogP contribution in [0.5, 0.6) is 0 Å². The van der Waals surface area contributed by atoms with Gasteiger partial charge < -0.3 is 24.8 Å². The second kappa shape index (κ2) is 19.1. The van der Waals surface area contributed by atoms with E-state index in [1.165, 1.54) is 38.5 Å². The van der Waals surface area contributed by atoms with Crippen LogP contribution in [0.25, 0.3) is 0 Å². The summed E-state index contributed by atoms with van der Waals surface area (Å²) in [6.45, 7) is 23.4. The van der Waals surface area contributed by atoms with Crippen LogP contribution in [0.1, 0.15) is 65.2 Å². The molecule has 184 valence electrons. The van der Waals surface area contributed by atoms with Crippen molar-refractivity contribution in [1.29, 1.82) is 0 Å². The van der Waals surface area contributed by atoms with E-state index in [2.05, 4.69) is 110 Å². The van der Waals surface area contributed by atoms with E-state index >= 15 is 0 Å². The predicted octanol–water partition coefficient (Wildman–Crippen LogP) is 3.02. The summed E-state index contributed by atoms with van der Waals surface area (Å²) in [7, 11) is -2.15. The van der Waals surface area contributed by atoms with E-state index in [1.54, 1.807) is 21.5 Å². The van der Waals surface area contributed by atoms with Gasteiger partial charge in [-0.1, -0.05) is 78.8 Å². The van der Waals surface area contributed by atoms with Crippen molar-refractivity contribution in [3.05, 3.63) is 45.8 Å². The Balaban J connectivity index is -0.000000428. The van der Waals surface area contributed by atoms with Crippen molar-refractivity contribution in [2.45, 2.75) is 118 Å². The molecule has 0 aromatic carbocycles. The van der Waals surface area contributed by atoms with Gasteiger partial charge in [0.1, 0.15) is 0 Å². The average molecular weight is 564 g/mol. The number of allylic oxidation sites excluding steroid dienone is 8. The minimum Gasteiger partial charge on any atom is -1.00 e. The number of halogens is 2. The molecular weight excluding hydrogens is 515 g/mol. The molecule has 0 aliphatic heterocycles. The van der Waals surface area contributed by atoms with Crippen molar-refractivity contribution in [1.82, 2.24) is 0 Å². The van der Waals surface area contributed by atoms with Crippen LogP contribution in [0.4, 0.5) is 0 Å². The van der Waals surface area contributed by atoms with Crippen molar-refractivity contribution in [3.8, 4) is 0 Å². The van der Waals surface area contributed by atoms with Gasteiger partial charge in [0.25, 0.3) is 0 Å². The monoisotopic (exact) mass is 562 g/mol. The molecule has 2 aliphatic carbocycles. The van der Waals surface area contributed by atoms with Crippen LogP contribution in [0, 0.1) is 12.2 Å². The van der Waals surface area contributed by atoms with Crippen LogP contribution in [0.3, 0.4) is 0 Å². The Kier molecular flexibility index (Phi) is 22.4. The molecule has 0 aromatic heterocycles. The second-order valence-corrected chi connectivity index (χ2v) is 27.6. The van der Waals surface area contributed by atoms with Gasteiger partial charge in [-0.3, -0.25) is 12.2 Å². The fraction of sp³-hybridized carbons (Fsp3) is 0.692. The largest absolute Gasteiger partial charge is 1.00 e. The standard InChI is InChI=1S/2C12H21Si.C2H6Si.2ClH.Ti/c2*1-5-6-7-11-8-9-12(10-11)13(2,3)4;1-3-2;;;/h2*10H,5-8H2,1-4H3;1-2H3;2*1H;/q2*-1;;;;+2/p-2. The van der Waals surface area contributed by atoms with Gasteiger partial charge in [-0.25, -0.2) is 22.5 Å². The van der Waals surface area contributed by atoms with Gasteiger partial charge >= 0.3 is 38.5 Å². The molecule has 0 fully saturated rings. The van der Waals surface area contributed by atoms with Crippen molar-refractivity contribution in [2.75, 3.05) is 0 Å². The molecule has 0 spiro atoms. The van der Waals surface area contributed by atoms with E-state index in [9.17, 15) is 0 Å². The van der Waals surface area contributed by atoms with E-state index in [0.29, 0.717) is 0 Å². The third-order valence-corrected chi connectivity index (χ3v) is 8.90. The Bertz CT molecular complexity index is 608. The molecule has 0 bridgehead atoms. The summed E-state index contributed by atoms with van der Waals surface area (Å²) in [4.78, 5) is 0. The molecule has 6 heteroatoms. The molecule has 0 saturated heterocycles. The van der Waals surface area contributed by atoms with Crippen LogP contribution >= 0.6 is 0 Å². The van der Waals surface area contributed by atoms with Gasteiger partial charge in [-0.2, -0.15) is 11.1 Å². The maximum absolute atomic E-state index is 3.54. The third-order valence-electron chi connectivity index (χ3n) is 5.03. The van der Waals surface area contributed by atoms with Crippen LogP contribution in [0.2, 0.25) is 52.4 Å². The summed E-state index contributed by atoms with van der Waals surface area (Å²) in [5, 5.41) is 3.08. The van der Waals surface area contributed by atoms with Crippen LogP contribution in [-0.2, 0) is 19.2 Å². The molecule has 0 atom stereocenters. The van der Waals surface area contributed by atoms with Gasteiger partial charge in [0.2, 0.25) is 0 Å².